The first-order valence-corrected chi connectivity index (χ1v) is 6.19. The largest absolute Gasteiger partial charge is 0.393 e. The van der Waals surface area contributed by atoms with Crippen molar-refractivity contribution in [3.63, 3.8) is 0 Å². The fraction of sp³-hybridized carbons (Fsp3) is 0.917. The number of ether oxygens (including phenoxy) is 1. The Morgan fingerprint density at radius 1 is 1.65 bits per heavy atom. The Bertz CT molecular complexity index is 248. The van der Waals surface area contributed by atoms with E-state index < -0.39 is 0 Å². The maximum Gasteiger partial charge on any atom is 0.250 e. The molecule has 100 valence electrons. The van der Waals surface area contributed by atoms with Gasteiger partial charge in [-0.3, -0.25) is 4.79 Å². The predicted molar refractivity (Wildman–Crippen MR) is 65.7 cm³/mol. The van der Waals surface area contributed by atoms with Crippen LogP contribution in [0.4, 0.5) is 0 Å². The van der Waals surface area contributed by atoms with Gasteiger partial charge in [0.05, 0.1) is 12.7 Å². The molecule has 0 aliphatic carbocycles. The van der Waals surface area contributed by atoms with Gasteiger partial charge in [-0.1, -0.05) is 13.8 Å². The fourth-order valence-corrected chi connectivity index (χ4v) is 2.05. The van der Waals surface area contributed by atoms with Crippen molar-refractivity contribution in [3.8, 4) is 0 Å². The lowest BCUT2D eigenvalue weighted by Gasteiger charge is -2.28. The van der Waals surface area contributed by atoms with E-state index in [0.29, 0.717) is 26.1 Å². The van der Waals surface area contributed by atoms with Crippen molar-refractivity contribution in [3.05, 3.63) is 0 Å². The van der Waals surface area contributed by atoms with Crippen molar-refractivity contribution in [2.24, 2.45) is 5.41 Å². The minimum Gasteiger partial charge on any atom is -0.393 e. The van der Waals surface area contributed by atoms with Crippen LogP contribution in [0, 0.1) is 5.41 Å². The Kier molecular flexibility index (Phi) is 5.36. The first-order valence-electron chi connectivity index (χ1n) is 6.19. The van der Waals surface area contributed by atoms with Crippen LogP contribution in [0.2, 0.25) is 0 Å². The summed E-state index contributed by atoms with van der Waals surface area (Å²) in [6, 6.07) is 0. The maximum absolute atomic E-state index is 11.8. The Labute approximate surface area is 103 Å². The lowest BCUT2D eigenvalue weighted by Crippen LogP contribution is -2.49. The number of carbonyl (C=O) groups excluding carboxylic acids is 1. The molecule has 0 bridgehead atoms. The van der Waals surface area contributed by atoms with E-state index in [1.165, 1.54) is 0 Å². The van der Waals surface area contributed by atoms with Gasteiger partial charge in [-0.15, -0.1) is 0 Å². The molecule has 0 aromatic carbocycles. The normalized spacial score (nSPS) is 23.2. The highest BCUT2D eigenvalue weighted by Gasteiger charge is 2.25. The van der Waals surface area contributed by atoms with Crippen LogP contribution in [0.15, 0.2) is 0 Å². The summed E-state index contributed by atoms with van der Waals surface area (Å²) in [5, 5.41) is 15.4. The summed E-state index contributed by atoms with van der Waals surface area (Å²) in [6.07, 6.45) is -0.0718. The number of carbonyl (C=O) groups is 1. The molecule has 0 spiro atoms. The molecular weight excluding hydrogens is 220 g/mol. The van der Waals surface area contributed by atoms with Crippen molar-refractivity contribution in [1.29, 1.82) is 0 Å². The van der Waals surface area contributed by atoms with Gasteiger partial charge in [-0.05, 0) is 18.8 Å². The van der Waals surface area contributed by atoms with E-state index in [2.05, 4.69) is 10.6 Å². The first kappa shape index (κ1) is 14.4. The van der Waals surface area contributed by atoms with Crippen molar-refractivity contribution in [2.45, 2.75) is 39.4 Å². The average molecular weight is 244 g/mol. The molecule has 1 fully saturated rings. The number of rotatable bonds is 5. The van der Waals surface area contributed by atoms with Crippen LogP contribution in [0.5, 0.6) is 0 Å². The van der Waals surface area contributed by atoms with Crippen LogP contribution >= 0.6 is 0 Å². The zero-order chi connectivity index (χ0) is 12.9. The lowest BCUT2D eigenvalue weighted by molar-refractivity contribution is -0.134. The molecule has 1 heterocycles. The molecule has 0 saturated carbocycles. The van der Waals surface area contributed by atoms with Crippen molar-refractivity contribution in [2.75, 3.05) is 26.2 Å². The third kappa shape index (κ3) is 5.48. The Hall–Kier alpha value is -0.650. The highest BCUT2D eigenvalue weighted by molar-refractivity contribution is 5.81. The van der Waals surface area contributed by atoms with Gasteiger partial charge in [0.1, 0.15) is 6.10 Å². The van der Waals surface area contributed by atoms with Crippen molar-refractivity contribution in [1.82, 2.24) is 10.6 Å². The van der Waals surface area contributed by atoms with Crippen molar-refractivity contribution < 1.29 is 14.6 Å². The SMILES string of the molecule is CC(O)CC(C)(C)CNC(=O)C1CNCCO1. The molecule has 1 rings (SSSR count). The highest BCUT2D eigenvalue weighted by atomic mass is 16.5. The van der Waals surface area contributed by atoms with Crippen molar-refractivity contribution >= 4 is 5.91 Å². The summed E-state index contributed by atoms with van der Waals surface area (Å²) in [5.74, 6) is -0.0733. The van der Waals surface area contributed by atoms with Crippen LogP contribution in [-0.4, -0.2) is 49.5 Å². The summed E-state index contributed by atoms with van der Waals surface area (Å²) in [4.78, 5) is 11.8. The summed E-state index contributed by atoms with van der Waals surface area (Å²) in [5.41, 5.74) is -0.105. The van der Waals surface area contributed by atoms with Crippen LogP contribution < -0.4 is 10.6 Å². The zero-order valence-electron chi connectivity index (χ0n) is 11.0. The van der Waals surface area contributed by atoms with Gasteiger partial charge in [0, 0.05) is 19.6 Å². The van der Waals surface area contributed by atoms with E-state index in [-0.39, 0.29) is 23.5 Å². The molecule has 17 heavy (non-hydrogen) atoms. The summed E-state index contributed by atoms with van der Waals surface area (Å²) in [6.45, 7) is 8.32. The van der Waals surface area contributed by atoms with E-state index >= 15 is 0 Å². The second kappa shape index (κ2) is 6.33. The molecule has 2 atom stereocenters. The fourth-order valence-electron chi connectivity index (χ4n) is 2.05. The number of amides is 1. The molecule has 1 aliphatic rings. The van der Waals surface area contributed by atoms with E-state index in [1.54, 1.807) is 6.92 Å². The molecule has 5 heteroatoms. The van der Waals surface area contributed by atoms with Crippen LogP contribution in [0.25, 0.3) is 0 Å². The van der Waals surface area contributed by atoms with E-state index in [9.17, 15) is 9.90 Å². The minimum absolute atomic E-state index is 0.0733. The molecular formula is C12H24N2O3. The quantitative estimate of drug-likeness (QED) is 0.631. The van der Waals surface area contributed by atoms with Crippen LogP contribution in [0.3, 0.4) is 0 Å². The van der Waals surface area contributed by atoms with E-state index in [4.69, 9.17) is 4.74 Å². The zero-order valence-corrected chi connectivity index (χ0v) is 11.0. The molecule has 5 nitrogen and oxygen atoms in total. The Balaban J connectivity index is 2.31. The summed E-state index contributed by atoms with van der Waals surface area (Å²) >= 11 is 0. The molecule has 0 radical (unpaired) electrons. The predicted octanol–water partition coefficient (Wildman–Crippen LogP) is -0.112. The highest BCUT2D eigenvalue weighted by Crippen LogP contribution is 2.21. The Morgan fingerprint density at radius 3 is 2.88 bits per heavy atom. The molecule has 1 amide bonds. The number of morpholine rings is 1. The summed E-state index contributed by atoms with van der Waals surface area (Å²) in [7, 11) is 0. The molecule has 0 aromatic rings. The maximum atomic E-state index is 11.8. The van der Waals surface area contributed by atoms with E-state index in [0.717, 1.165) is 6.54 Å². The second-order valence-electron chi connectivity index (χ2n) is 5.50. The molecule has 1 aliphatic heterocycles. The summed E-state index contributed by atoms with van der Waals surface area (Å²) < 4.78 is 5.36. The molecule has 1 saturated heterocycles. The average Bonchev–Trinajstić information content (AvgIpc) is 2.25. The molecule has 0 aromatic heterocycles. The van der Waals surface area contributed by atoms with Gasteiger partial charge in [0.15, 0.2) is 0 Å². The standard InChI is InChI=1S/C12H24N2O3/c1-9(15)6-12(2,3)8-14-11(16)10-7-13-4-5-17-10/h9-10,13,15H,4-8H2,1-3H3,(H,14,16). The van der Waals surface area contributed by atoms with Gasteiger partial charge in [0.25, 0.3) is 0 Å². The van der Waals surface area contributed by atoms with Gasteiger partial charge < -0.3 is 20.5 Å². The first-order chi connectivity index (χ1) is 7.91. The van der Waals surface area contributed by atoms with Crippen LogP contribution in [0.1, 0.15) is 27.2 Å². The van der Waals surface area contributed by atoms with Gasteiger partial charge in [-0.25, -0.2) is 0 Å². The Morgan fingerprint density at radius 2 is 2.35 bits per heavy atom. The van der Waals surface area contributed by atoms with Gasteiger partial charge in [0.2, 0.25) is 5.91 Å². The molecule has 2 unspecified atom stereocenters. The number of nitrogens with one attached hydrogen (secondary N) is 2. The smallest absolute Gasteiger partial charge is 0.250 e. The van der Waals surface area contributed by atoms with Gasteiger partial charge in [-0.2, -0.15) is 0 Å². The van der Waals surface area contributed by atoms with Gasteiger partial charge >= 0.3 is 0 Å². The molecule has 3 N–H and O–H groups in total. The van der Waals surface area contributed by atoms with Crippen LogP contribution in [-0.2, 0) is 9.53 Å². The third-order valence-electron chi connectivity index (χ3n) is 2.81. The third-order valence-corrected chi connectivity index (χ3v) is 2.81. The monoisotopic (exact) mass is 244 g/mol. The number of aliphatic hydroxyl groups is 1. The number of aliphatic hydroxyl groups excluding tert-OH is 1. The van der Waals surface area contributed by atoms with E-state index in [1.807, 2.05) is 13.8 Å². The topological polar surface area (TPSA) is 70.6 Å². The minimum atomic E-state index is -0.383. The number of hydrogen-bond donors (Lipinski definition) is 3. The number of hydrogen-bond acceptors (Lipinski definition) is 4. The second-order valence-corrected chi connectivity index (χ2v) is 5.50. The lowest BCUT2D eigenvalue weighted by atomic mass is 9.87.